The first-order valence-electron chi connectivity index (χ1n) is 8.93. The molecule has 0 aromatic heterocycles. The summed E-state index contributed by atoms with van der Waals surface area (Å²) in [5.41, 5.74) is 2.29. The summed E-state index contributed by atoms with van der Waals surface area (Å²) < 4.78 is 13.0. The van der Waals surface area contributed by atoms with Gasteiger partial charge in [-0.2, -0.15) is 0 Å². The molecule has 0 saturated heterocycles. The molecule has 3 aromatic rings. The van der Waals surface area contributed by atoms with Crippen LogP contribution in [-0.4, -0.2) is 12.2 Å². The summed E-state index contributed by atoms with van der Waals surface area (Å²) in [5.74, 6) is 0.520. The molecule has 0 spiro atoms. The van der Waals surface area contributed by atoms with Crippen LogP contribution in [0.5, 0.6) is 11.5 Å². The van der Waals surface area contributed by atoms with E-state index in [9.17, 15) is 9.90 Å². The van der Waals surface area contributed by atoms with Crippen molar-refractivity contribution >= 4 is 65.8 Å². The van der Waals surface area contributed by atoms with Crippen LogP contribution in [0.3, 0.4) is 0 Å². The number of halogens is 2. The number of benzene rings is 3. The van der Waals surface area contributed by atoms with Crippen molar-refractivity contribution in [3.63, 3.8) is 0 Å². The Morgan fingerprint density at radius 2 is 1.93 bits per heavy atom. The van der Waals surface area contributed by atoms with E-state index in [0.717, 1.165) is 11.1 Å². The van der Waals surface area contributed by atoms with Gasteiger partial charge in [0.05, 0.1) is 22.7 Å². The quantitative estimate of drug-likeness (QED) is 0.138. The van der Waals surface area contributed by atoms with Crippen molar-refractivity contribution in [1.29, 1.82) is 1.28 Å². The van der Waals surface area contributed by atoms with Gasteiger partial charge in [-0.3, -0.25) is 4.79 Å². The molecule has 2 unspecified atom stereocenters. The maximum atomic E-state index is 13.4. The van der Waals surface area contributed by atoms with Gasteiger partial charge in [0.15, 0.2) is 5.78 Å². The Bertz CT molecular complexity index is 1080. The summed E-state index contributed by atoms with van der Waals surface area (Å²) in [6, 6.07) is 19.9. The lowest BCUT2D eigenvalue weighted by atomic mass is 10.0. The first-order chi connectivity index (χ1) is 14.4. The Kier molecular flexibility index (Phi) is 7.54. The normalized spacial score (nSPS) is 13.6. The van der Waals surface area contributed by atoms with E-state index in [2.05, 4.69) is 21.2 Å². The molecule has 0 fully saturated rings. The lowest BCUT2D eigenvalue weighted by molar-refractivity contribution is 0.0989. The highest BCUT2D eigenvalue weighted by atomic mass is 127. The molecular weight excluding hydrogens is 558 g/mol. The van der Waals surface area contributed by atoms with Crippen molar-refractivity contribution in [2.75, 3.05) is 0 Å². The number of hydrogen-bond donors (Lipinski definition) is 1. The Hall–Kier alpha value is -1.05. The molecule has 0 saturated carbocycles. The van der Waals surface area contributed by atoms with Crippen LogP contribution in [-0.2, 0) is 7.53 Å². The number of Topliss-reactive ketones (excluding diaryl/α,β-unsaturated/α-hetero) is 1. The van der Waals surface area contributed by atoms with Crippen LogP contribution in [0.15, 0.2) is 71.6 Å². The van der Waals surface area contributed by atoms with Crippen LogP contribution in [0.1, 0.15) is 26.7 Å². The predicted molar refractivity (Wildman–Crippen MR) is 134 cm³/mol. The zero-order valence-electron chi connectivity index (χ0n) is 16.2. The van der Waals surface area contributed by atoms with E-state index in [4.69, 9.17) is 17.1 Å². The van der Waals surface area contributed by atoms with Crippen molar-refractivity contribution in [3.05, 3.63) is 88.4 Å². The smallest absolute Gasteiger partial charge is 0.180 e. The Labute approximate surface area is 197 Å². The van der Waals surface area contributed by atoms with E-state index in [1.54, 1.807) is 30.3 Å². The summed E-state index contributed by atoms with van der Waals surface area (Å²) in [6.45, 7) is 1.89. The summed E-state index contributed by atoms with van der Waals surface area (Å²) in [6.07, 6.45) is 0. The van der Waals surface area contributed by atoms with Crippen LogP contribution in [0.25, 0.3) is 0 Å². The highest BCUT2D eigenvalue weighted by Crippen LogP contribution is 2.44. The molecule has 0 amide bonds. The van der Waals surface area contributed by atoms with Gasteiger partial charge in [0, 0.05) is 26.8 Å². The molecule has 0 aliphatic carbocycles. The molecule has 0 radical (unpaired) electrons. The van der Waals surface area contributed by atoms with Crippen molar-refractivity contribution in [3.8, 4) is 11.5 Å². The fourth-order valence-corrected chi connectivity index (χ4v) is 5.47. The van der Waals surface area contributed by atoms with E-state index in [1.165, 1.54) is 11.8 Å². The first-order valence-corrected chi connectivity index (χ1v) is 14.5. The van der Waals surface area contributed by atoms with Crippen LogP contribution in [0.4, 0.5) is 0 Å². The number of carbonyl (C=O) groups is 1. The second-order valence-corrected chi connectivity index (χ2v) is 13.8. The maximum absolute atomic E-state index is 13.4. The minimum absolute atomic E-state index is 0.0200. The third-order valence-corrected chi connectivity index (χ3v) is 6.73. The topological polar surface area (TPSA) is 46.5 Å². The molecule has 0 bridgehead atoms. The van der Waals surface area contributed by atoms with Crippen LogP contribution in [0, 0.1) is 6.92 Å². The van der Waals surface area contributed by atoms with Crippen LogP contribution < -0.4 is 4.18 Å². The third kappa shape index (κ3) is 5.98. The number of hydrogen-bond acceptors (Lipinski definition) is 4. The van der Waals surface area contributed by atoms with Gasteiger partial charge in [0.1, 0.15) is 12.8 Å². The maximum Gasteiger partial charge on any atom is 0.180 e. The lowest BCUT2D eigenvalue weighted by Crippen LogP contribution is -2.10. The lowest BCUT2D eigenvalue weighted by Gasteiger charge is -2.18. The number of aryl methyl sites for hydroxylation is 1. The summed E-state index contributed by atoms with van der Waals surface area (Å²) in [4.78, 5) is 14.0. The second kappa shape index (κ2) is 10.3. The van der Waals surface area contributed by atoms with Gasteiger partial charge >= 0.3 is 0 Å². The predicted octanol–water partition coefficient (Wildman–Crippen LogP) is 7.39. The van der Waals surface area contributed by atoms with Gasteiger partial charge in [-0.15, -0.1) is 11.8 Å². The summed E-state index contributed by atoms with van der Waals surface area (Å²) >= 11 is 9.49. The van der Waals surface area contributed by atoms with Gasteiger partial charge < -0.3 is 9.29 Å². The monoisotopic (exact) mass is 576 g/mol. The Morgan fingerprint density at radius 3 is 2.59 bits per heavy atom. The van der Waals surface area contributed by atoms with Gasteiger partial charge in [-0.1, -0.05) is 41.9 Å². The highest BCUT2D eigenvalue weighted by Gasteiger charge is 2.25. The first kappa shape index (κ1) is 21.2. The van der Waals surface area contributed by atoms with E-state index in [0.29, 0.717) is 24.2 Å². The molecule has 8 heteroatoms. The number of phenolic OH excluding ortho intramolecular Hbond substituents is 1. The third-order valence-electron chi connectivity index (χ3n) is 4.06. The molecule has 29 heavy (non-hydrogen) atoms. The largest absolute Gasteiger partial charge is 0.505 e. The van der Waals surface area contributed by atoms with E-state index >= 15 is 0 Å². The Morgan fingerprint density at radius 1 is 1.24 bits per heavy atom. The standard InChI is InChI=1S/C21H17ClIO3PS2/c1-13-11-17(22)20(25)18(12-13)28-21(15-5-3-2-4-6-15)19(24)14-7-9-16(10-8-14)26-29(23)27/h2-12,21,25,27H,1H3/i27T. The van der Waals surface area contributed by atoms with Crippen molar-refractivity contribution in [2.45, 2.75) is 17.1 Å². The minimum Gasteiger partial charge on any atom is -0.505 e. The summed E-state index contributed by atoms with van der Waals surface area (Å²) in [5, 5.41) is 10.1. The average Bonchev–Trinajstić information content (AvgIpc) is 2.75. The number of rotatable bonds is 7. The number of carbonyl (C=O) groups excluding carboxylic acids is 1. The number of phenols is 1. The van der Waals surface area contributed by atoms with Gasteiger partial charge in [-0.25, -0.2) is 0 Å². The van der Waals surface area contributed by atoms with Crippen molar-refractivity contribution < 1.29 is 14.1 Å². The molecule has 150 valence electrons. The molecule has 3 rings (SSSR count). The molecule has 1 N–H and O–H groups in total. The highest BCUT2D eigenvalue weighted by molar-refractivity contribution is 14.2. The fraction of sp³-hybridized carbons (Fsp3) is 0.0952. The van der Waals surface area contributed by atoms with E-state index in [-0.39, 0.29) is 16.6 Å². The van der Waals surface area contributed by atoms with E-state index < -0.39 is 12.8 Å². The molecule has 2 atom stereocenters. The molecular formula is C21H17ClIO3PS2. The van der Waals surface area contributed by atoms with Gasteiger partial charge in [0.2, 0.25) is 0 Å². The average molecular weight is 577 g/mol. The molecule has 3 aromatic carbocycles. The van der Waals surface area contributed by atoms with Crippen molar-refractivity contribution in [2.24, 2.45) is 0 Å². The van der Waals surface area contributed by atoms with Crippen molar-refractivity contribution in [1.82, 2.24) is 0 Å². The Balaban J connectivity index is 1.94. The van der Waals surface area contributed by atoms with Crippen LogP contribution >= 0.6 is 52.5 Å². The molecule has 0 heterocycles. The minimum atomic E-state index is -0.548. The fourth-order valence-electron chi connectivity index (χ4n) is 2.73. The molecule has 3 nitrogen and oxygen atoms in total. The number of thioether (sulfide) groups is 1. The second-order valence-electron chi connectivity index (χ2n) is 6.18. The van der Waals surface area contributed by atoms with Crippen LogP contribution in [0.2, 0.25) is 5.02 Å². The van der Waals surface area contributed by atoms with Gasteiger partial charge in [0.25, 0.3) is 0 Å². The number of aromatic hydroxyl groups is 1. The molecule has 0 aliphatic rings. The number of ketones is 1. The SMILES string of the molecule is [3H]P=S(I)Oc1ccc(C(=O)C(Sc2cc(C)cc(Cl)c2O)c2ccccc2)cc1. The summed E-state index contributed by atoms with van der Waals surface area (Å²) in [7, 11) is -0.128. The zero-order valence-corrected chi connectivity index (χ0v) is 20.7. The molecule has 0 aliphatic heterocycles. The zero-order chi connectivity index (χ0) is 21.7. The van der Waals surface area contributed by atoms with E-state index in [1.807, 2.05) is 43.3 Å². The van der Waals surface area contributed by atoms with Gasteiger partial charge in [-0.05, 0) is 62.4 Å².